The Morgan fingerprint density at radius 3 is 2.00 bits per heavy atom. The van der Waals surface area contributed by atoms with Gasteiger partial charge in [0.25, 0.3) is 0 Å². The number of rotatable bonds is 11. The van der Waals surface area contributed by atoms with Gasteiger partial charge in [0.15, 0.2) is 0 Å². The summed E-state index contributed by atoms with van der Waals surface area (Å²) in [6.07, 6.45) is 0.832. The lowest BCUT2D eigenvalue weighted by molar-refractivity contribution is 0.932. The number of nitrogens with zero attached hydrogens (tertiary/aromatic N) is 5. The number of nitrogens with one attached hydrogen (secondary N) is 7. The van der Waals surface area contributed by atoms with Gasteiger partial charge in [0.05, 0.1) is 13.1 Å². The molecule has 12 nitrogen and oxygen atoms in total. The molecular weight excluding hydrogens is 396 g/mol. The minimum atomic E-state index is 0.632. The van der Waals surface area contributed by atoms with Crippen molar-refractivity contribution in [3.63, 3.8) is 0 Å². The Morgan fingerprint density at radius 1 is 0.710 bits per heavy atom. The third-order valence-corrected chi connectivity index (χ3v) is 4.66. The first-order valence-electron chi connectivity index (χ1n) is 10.1. The molecule has 0 aliphatic carbocycles. The SMILES string of the molecule is Cc1ccc(CNc2nnc(NCCc3ccc(CNc4nnc(N(C)C)[nH]4)[nH]3)[nH]2)[nH]1. The second-order valence-corrected chi connectivity index (χ2v) is 7.47. The van der Waals surface area contributed by atoms with Crippen LogP contribution in [0, 0.1) is 6.92 Å². The smallest absolute Gasteiger partial charge is 0.225 e. The Hall–Kier alpha value is -3.96. The fraction of sp³-hybridized carbons (Fsp3) is 0.368. The quantitative estimate of drug-likeness (QED) is 0.192. The first-order chi connectivity index (χ1) is 15.0. The highest BCUT2D eigenvalue weighted by atomic mass is 15.4. The summed E-state index contributed by atoms with van der Waals surface area (Å²) in [6, 6.07) is 8.23. The maximum atomic E-state index is 4.12. The molecule has 0 aromatic carbocycles. The molecule has 12 heteroatoms. The largest absolute Gasteiger partial charge is 0.361 e. The molecule has 0 amide bonds. The highest BCUT2D eigenvalue weighted by molar-refractivity contribution is 5.36. The molecule has 0 spiro atoms. The van der Waals surface area contributed by atoms with E-state index in [1.165, 1.54) is 0 Å². The Morgan fingerprint density at radius 2 is 1.32 bits per heavy atom. The van der Waals surface area contributed by atoms with Crippen LogP contribution in [-0.2, 0) is 19.5 Å². The van der Waals surface area contributed by atoms with Crippen LogP contribution < -0.4 is 20.9 Å². The van der Waals surface area contributed by atoms with Crippen molar-refractivity contribution >= 4 is 23.8 Å². The van der Waals surface area contributed by atoms with E-state index in [0.717, 1.165) is 35.7 Å². The van der Waals surface area contributed by atoms with Crippen LogP contribution in [0.25, 0.3) is 0 Å². The van der Waals surface area contributed by atoms with E-state index in [2.05, 4.69) is 68.4 Å². The van der Waals surface area contributed by atoms with Crippen molar-refractivity contribution in [3.05, 3.63) is 47.0 Å². The molecule has 0 aliphatic rings. The van der Waals surface area contributed by atoms with Gasteiger partial charge in [-0.1, -0.05) is 0 Å². The van der Waals surface area contributed by atoms with Crippen molar-refractivity contribution in [2.45, 2.75) is 26.4 Å². The number of hydrogen-bond donors (Lipinski definition) is 7. The molecule has 4 heterocycles. The second kappa shape index (κ2) is 9.24. The summed E-state index contributed by atoms with van der Waals surface area (Å²) in [5.41, 5.74) is 4.44. The lowest BCUT2D eigenvalue weighted by Crippen LogP contribution is -2.10. The van der Waals surface area contributed by atoms with Crippen LogP contribution in [0.5, 0.6) is 0 Å². The minimum absolute atomic E-state index is 0.632. The summed E-state index contributed by atoms with van der Waals surface area (Å²) < 4.78 is 0. The molecule has 31 heavy (non-hydrogen) atoms. The van der Waals surface area contributed by atoms with Crippen LogP contribution in [0.1, 0.15) is 22.8 Å². The minimum Gasteiger partial charge on any atom is -0.361 e. The Bertz CT molecular complexity index is 1080. The summed E-state index contributed by atoms with van der Waals surface area (Å²) in [4.78, 5) is 14.8. The first-order valence-corrected chi connectivity index (χ1v) is 10.1. The van der Waals surface area contributed by atoms with E-state index in [1.807, 2.05) is 38.1 Å². The number of anilines is 4. The average molecular weight is 425 g/mol. The molecule has 7 N–H and O–H groups in total. The lowest BCUT2D eigenvalue weighted by Gasteiger charge is -2.05. The number of H-pyrrole nitrogens is 4. The maximum Gasteiger partial charge on any atom is 0.225 e. The molecule has 4 aromatic rings. The third-order valence-electron chi connectivity index (χ3n) is 4.66. The van der Waals surface area contributed by atoms with E-state index >= 15 is 0 Å². The third kappa shape index (κ3) is 5.56. The molecular formula is C19H28N12. The zero-order valence-electron chi connectivity index (χ0n) is 17.9. The van der Waals surface area contributed by atoms with E-state index in [9.17, 15) is 0 Å². The van der Waals surface area contributed by atoms with Gasteiger partial charge in [-0.15, -0.1) is 20.4 Å². The van der Waals surface area contributed by atoms with Crippen molar-refractivity contribution in [2.24, 2.45) is 0 Å². The molecule has 164 valence electrons. The molecule has 0 saturated heterocycles. The predicted octanol–water partition coefficient (Wildman–Crippen LogP) is 1.83. The summed E-state index contributed by atoms with van der Waals surface area (Å²) in [5.74, 6) is 2.63. The number of aromatic nitrogens is 8. The average Bonchev–Trinajstić information content (AvgIpc) is 3.53. The first kappa shape index (κ1) is 20.3. The molecule has 0 aliphatic heterocycles. The fourth-order valence-electron chi connectivity index (χ4n) is 3.03. The molecule has 0 unspecified atom stereocenters. The van der Waals surface area contributed by atoms with Gasteiger partial charge in [0, 0.05) is 49.8 Å². The summed E-state index contributed by atoms with van der Waals surface area (Å²) in [6.45, 7) is 4.05. The van der Waals surface area contributed by atoms with E-state index in [4.69, 9.17) is 0 Å². The molecule has 4 rings (SSSR count). The van der Waals surface area contributed by atoms with Gasteiger partial charge < -0.3 is 30.8 Å². The van der Waals surface area contributed by atoms with Crippen LogP contribution in [0.2, 0.25) is 0 Å². The second-order valence-electron chi connectivity index (χ2n) is 7.47. The van der Waals surface area contributed by atoms with Gasteiger partial charge in [0.1, 0.15) is 0 Å². The zero-order chi connectivity index (χ0) is 21.6. The molecule has 0 saturated carbocycles. The molecule has 0 fully saturated rings. The van der Waals surface area contributed by atoms with E-state index in [0.29, 0.717) is 36.9 Å². The number of hydrogen-bond acceptors (Lipinski definition) is 8. The van der Waals surface area contributed by atoms with Crippen molar-refractivity contribution in [3.8, 4) is 0 Å². The van der Waals surface area contributed by atoms with Crippen molar-refractivity contribution in [1.82, 2.24) is 40.3 Å². The topological polar surface area (TPSA) is 154 Å². The number of aryl methyl sites for hydroxylation is 1. The fourth-order valence-corrected chi connectivity index (χ4v) is 3.03. The Kier molecular flexibility index (Phi) is 6.05. The summed E-state index contributed by atoms with van der Waals surface area (Å²) in [5, 5.41) is 26.0. The van der Waals surface area contributed by atoms with E-state index in [-0.39, 0.29) is 0 Å². The molecule has 0 atom stereocenters. The highest BCUT2D eigenvalue weighted by Gasteiger charge is 2.06. The van der Waals surface area contributed by atoms with Crippen molar-refractivity contribution in [1.29, 1.82) is 0 Å². The predicted molar refractivity (Wildman–Crippen MR) is 120 cm³/mol. The van der Waals surface area contributed by atoms with Crippen LogP contribution in [-0.4, -0.2) is 61.0 Å². The molecule has 0 radical (unpaired) electrons. The lowest BCUT2D eigenvalue weighted by atomic mass is 10.3. The maximum absolute atomic E-state index is 4.12. The normalized spacial score (nSPS) is 10.9. The van der Waals surface area contributed by atoms with E-state index in [1.54, 1.807) is 0 Å². The van der Waals surface area contributed by atoms with E-state index < -0.39 is 0 Å². The monoisotopic (exact) mass is 424 g/mol. The van der Waals surface area contributed by atoms with Gasteiger partial charge in [-0.3, -0.25) is 9.97 Å². The Balaban J connectivity index is 1.18. The van der Waals surface area contributed by atoms with Crippen LogP contribution in [0.4, 0.5) is 23.8 Å². The van der Waals surface area contributed by atoms with Gasteiger partial charge in [-0.2, -0.15) is 0 Å². The van der Waals surface area contributed by atoms with Gasteiger partial charge in [-0.05, 0) is 31.2 Å². The van der Waals surface area contributed by atoms with Crippen molar-refractivity contribution in [2.75, 3.05) is 41.5 Å². The Labute approximate surface area is 179 Å². The van der Waals surface area contributed by atoms with Crippen LogP contribution in [0.15, 0.2) is 24.3 Å². The van der Waals surface area contributed by atoms with Gasteiger partial charge in [-0.25, -0.2) is 0 Å². The van der Waals surface area contributed by atoms with Gasteiger partial charge in [0.2, 0.25) is 23.8 Å². The standard InChI is InChI=1S/C19H28N12/c1-12-4-5-14(23-12)10-21-17-25-16(27-28-17)20-9-8-13-6-7-15(24-13)11-22-18-26-19(30-29-18)31(2)3/h4-7,23-24H,8-11H2,1-3H3,(H2,22,26,29,30)(H3,20,21,25,27,28). The summed E-state index contributed by atoms with van der Waals surface area (Å²) >= 11 is 0. The molecule has 0 bridgehead atoms. The molecule has 4 aromatic heterocycles. The number of aromatic amines is 4. The highest BCUT2D eigenvalue weighted by Crippen LogP contribution is 2.10. The van der Waals surface area contributed by atoms with Crippen LogP contribution in [0.3, 0.4) is 0 Å². The van der Waals surface area contributed by atoms with Gasteiger partial charge >= 0.3 is 0 Å². The summed E-state index contributed by atoms with van der Waals surface area (Å²) in [7, 11) is 3.83. The zero-order valence-corrected chi connectivity index (χ0v) is 17.9. The van der Waals surface area contributed by atoms with Crippen molar-refractivity contribution < 1.29 is 0 Å². The van der Waals surface area contributed by atoms with Crippen LogP contribution >= 0.6 is 0 Å².